The minimum atomic E-state index is -0.670. The van der Waals surface area contributed by atoms with Crippen LogP contribution in [0, 0.1) is 0 Å². The monoisotopic (exact) mass is 322 g/mol. The van der Waals surface area contributed by atoms with E-state index in [9.17, 15) is 4.79 Å². The largest absolute Gasteiger partial charge is 0.462 e. The van der Waals surface area contributed by atoms with Crippen LogP contribution in [0.3, 0.4) is 0 Å². The molecule has 23 heavy (non-hydrogen) atoms. The van der Waals surface area contributed by atoms with Crippen molar-refractivity contribution in [3.63, 3.8) is 0 Å². The molecular formula is C17H22O6. The number of carbonyl (C=O) groups is 1. The lowest BCUT2D eigenvalue weighted by atomic mass is 10.1. The first-order valence-electron chi connectivity index (χ1n) is 7.76. The van der Waals surface area contributed by atoms with Crippen LogP contribution in [0.25, 0.3) is 0 Å². The number of esters is 1. The molecule has 0 spiro atoms. The molecular weight excluding hydrogens is 300 g/mol. The molecule has 0 aromatic heterocycles. The van der Waals surface area contributed by atoms with E-state index in [4.69, 9.17) is 23.7 Å². The number of hydrogen-bond donors (Lipinski definition) is 0. The summed E-state index contributed by atoms with van der Waals surface area (Å²) >= 11 is 0. The Morgan fingerprint density at radius 3 is 2.65 bits per heavy atom. The molecule has 6 heteroatoms. The quantitative estimate of drug-likeness (QED) is 0.774. The van der Waals surface area contributed by atoms with Gasteiger partial charge in [0.2, 0.25) is 0 Å². The molecule has 0 unspecified atom stereocenters. The van der Waals surface area contributed by atoms with Gasteiger partial charge in [-0.2, -0.15) is 0 Å². The predicted octanol–water partition coefficient (Wildman–Crippen LogP) is 2.12. The van der Waals surface area contributed by atoms with Gasteiger partial charge in [-0.25, -0.2) is 4.79 Å². The smallest absolute Gasteiger partial charge is 0.338 e. The molecule has 2 saturated heterocycles. The van der Waals surface area contributed by atoms with Crippen molar-refractivity contribution in [3.8, 4) is 0 Å². The summed E-state index contributed by atoms with van der Waals surface area (Å²) in [7, 11) is 1.62. The molecule has 0 N–H and O–H groups in total. The topological polar surface area (TPSA) is 63.2 Å². The zero-order chi connectivity index (χ0) is 16.4. The second-order valence-electron chi connectivity index (χ2n) is 6.13. The number of methoxy groups -OCH3 is 1. The Morgan fingerprint density at radius 1 is 1.22 bits per heavy atom. The van der Waals surface area contributed by atoms with Crippen LogP contribution in [-0.4, -0.2) is 50.1 Å². The van der Waals surface area contributed by atoms with Crippen molar-refractivity contribution in [2.75, 3.05) is 13.7 Å². The molecule has 4 atom stereocenters. The molecule has 2 aliphatic rings. The summed E-state index contributed by atoms with van der Waals surface area (Å²) in [5.41, 5.74) is 0.536. The van der Waals surface area contributed by atoms with Crippen LogP contribution in [0.5, 0.6) is 0 Å². The lowest BCUT2D eigenvalue weighted by Crippen LogP contribution is -2.36. The van der Waals surface area contributed by atoms with Crippen LogP contribution in [-0.2, 0) is 23.7 Å². The van der Waals surface area contributed by atoms with E-state index in [1.807, 2.05) is 19.9 Å². The molecule has 0 bridgehead atoms. The summed E-state index contributed by atoms with van der Waals surface area (Å²) in [6, 6.07) is 8.90. The standard InChI is InChI=1S/C17H22O6/c1-17(2)22-14-13(19-3)12(21-16(14)23-17)9-10-20-15(18)11-7-5-4-6-8-11/h4-8,12-14,16H,9-10H2,1-3H3/t12-,13+,14-,16-/m1/s1. The van der Waals surface area contributed by atoms with E-state index in [1.165, 1.54) is 0 Å². The van der Waals surface area contributed by atoms with Crippen LogP contribution in [0.2, 0.25) is 0 Å². The Labute approximate surface area is 135 Å². The molecule has 2 fully saturated rings. The first-order valence-corrected chi connectivity index (χ1v) is 7.76. The zero-order valence-corrected chi connectivity index (χ0v) is 13.6. The zero-order valence-electron chi connectivity index (χ0n) is 13.6. The third-order valence-corrected chi connectivity index (χ3v) is 4.00. The fraction of sp³-hybridized carbons (Fsp3) is 0.588. The third-order valence-electron chi connectivity index (χ3n) is 4.00. The second kappa shape index (κ2) is 6.57. The lowest BCUT2D eigenvalue weighted by molar-refractivity contribution is -0.217. The number of ether oxygens (including phenoxy) is 5. The fourth-order valence-electron chi connectivity index (χ4n) is 2.99. The van der Waals surface area contributed by atoms with Crippen molar-refractivity contribution in [2.24, 2.45) is 0 Å². The highest BCUT2D eigenvalue weighted by molar-refractivity contribution is 5.89. The maximum absolute atomic E-state index is 11.9. The average molecular weight is 322 g/mol. The molecule has 2 heterocycles. The van der Waals surface area contributed by atoms with Crippen LogP contribution < -0.4 is 0 Å². The lowest BCUT2D eigenvalue weighted by Gasteiger charge is -2.24. The Morgan fingerprint density at radius 2 is 1.96 bits per heavy atom. The molecule has 0 aliphatic carbocycles. The summed E-state index contributed by atoms with van der Waals surface area (Å²) < 4.78 is 28.2. The van der Waals surface area contributed by atoms with Crippen LogP contribution >= 0.6 is 0 Å². The molecule has 126 valence electrons. The summed E-state index contributed by atoms with van der Waals surface area (Å²) in [4.78, 5) is 11.9. The summed E-state index contributed by atoms with van der Waals surface area (Å²) in [5.74, 6) is -1.01. The van der Waals surface area contributed by atoms with Gasteiger partial charge in [-0.05, 0) is 26.0 Å². The number of benzene rings is 1. The highest BCUT2D eigenvalue weighted by Gasteiger charge is 2.54. The Balaban J connectivity index is 1.50. The number of carbonyl (C=O) groups excluding carboxylic acids is 1. The van der Waals surface area contributed by atoms with Gasteiger partial charge in [0, 0.05) is 13.5 Å². The van der Waals surface area contributed by atoms with Gasteiger partial charge in [-0.15, -0.1) is 0 Å². The van der Waals surface area contributed by atoms with E-state index in [0.29, 0.717) is 12.0 Å². The maximum Gasteiger partial charge on any atom is 0.338 e. The first kappa shape index (κ1) is 16.4. The molecule has 0 amide bonds. The highest BCUT2D eigenvalue weighted by atomic mass is 16.8. The minimum absolute atomic E-state index is 0.227. The van der Waals surface area contributed by atoms with Gasteiger partial charge in [0.1, 0.15) is 12.2 Å². The van der Waals surface area contributed by atoms with Crippen LogP contribution in [0.15, 0.2) is 30.3 Å². The molecule has 1 aromatic rings. The normalized spacial score (nSPS) is 31.8. The molecule has 0 saturated carbocycles. The van der Waals surface area contributed by atoms with Gasteiger partial charge >= 0.3 is 5.97 Å². The van der Waals surface area contributed by atoms with Crippen molar-refractivity contribution in [1.29, 1.82) is 0 Å². The summed E-state index contributed by atoms with van der Waals surface area (Å²) in [6.07, 6.45) is -0.640. The number of hydrogen-bond acceptors (Lipinski definition) is 6. The van der Waals surface area contributed by atoms with Crippen molar-refractivity contribution in [2.45, 2.75) is 50.7 Å². The van der Waals surface area contributed by atoms with E-state index in [1.54, 1.807) is 31.4 Å². The number of fused-ring (bicyclic) bond motifs is 1. The van der Waals surface area contributed by atoms with E-state index in [-0.39, 0.29) is 30.9 Å². The molecule has 0 radical (unpaired) electrons. The first-order chi connectivity index (χ1) is 11.0. The Bertz CT molecular complexity index is 543. The Kier molecular flexibility index (Phi) is 4.68. The van der Waals surface area contributed by atoms with Gasteiger partial charge < -0.3 is 23.7 Å². The van der Waals surface area contributed by atoms with E-state index in [2.05, 4.69) is 0 Å². The minimum Gasteiger partial charge on any atom is -0.462 e. The molecule has 2 aliphatic heterocycles. The summed E-state index contributed by atoms with van der Waals surface area (Å²) in [6.45, 7) is 3.94. The van der Waals surface area contributed by atoms with E-state index < -0.39 is 12.1 Å². The third kappa shape index (κ3) is 3.55. The number of rotatable bonds is 5. The summed E-state index contributed by atoms with van der Waals surface area (Å²) in [5, 5.41) is 0. The second-order valence-corrected chi connectivity index (χ2v) is 6.13. The van der Waals surface area contributed by atoms with Gasteiger partial charge in [0.05, 0.1) is 18.3 Å². The van der Waals surface area contributed by atoms with Crippen molar-refractivity contribution >= 4 is 5.97 Å². The van der Waals surface area contributed by atoms with Crippen molar-refractivity contribution in [1.82, 2.24) is 0 Å². The molecule has 3 rings (SSSR count). The van der Waals surface area contributed by atoms with Crippen LogP contribution in [0.1, 0.15) is 30.6 Å². The van der Waals surface area contributed by atoms with Gasteiger partial charge in [-0.1, -0.05) is 18.2 Å². The van der Waals surface area contributed by atoms with Gasteiger partial charge in [0.15, 0.2) is 12.1 Å². The Hall–Kier alpha value is -1.47. The van der Waals surface area contributed by atoms with E-state index >= 15 is 0 Å². The highest BCUT2D eigenvalue weighted by Crippen LogP contribution is 2.39. The van der Waals surface area contributed by atoms with Crippen molar-refractivity contribution < 1.29 is 28.5 Å². The molecule has 6 nitrogen and oxygen atoms in total. The SMILES string of the molecule is CO[C@@H]1[C@H]2OC(C)(C)O[C@H]2O[C@@H]1CCOC(=O)c1ccccc1. The average Bonchev–Trinajstić information content (AvgIpc) is 2.98. The van der Waals surface area contributed by atoms with Crippen molar-refractivity contribution in [3.05, 3.63) is 35.9 Å². The maximum atomic E-state index is 11.9. The van der Waals surface area contributed by atoms with E-state index in [0.717, 1.165) is 0 Å². The van der Waals surface area contributed by atoms with Gasteiger partial charge in [0.25, 0.3) is 0 Å². The van der Waals surface area contributed by atoms with Gasteiger partial charge in [-0.3, -0.25) is 0 Å². The fourth-order valence-corrected chi connectivity index (χ4v) is 2.99. The van der Waals surface area contributed by atoms with Crippen LogP contribution in [0.4, 0.5) is 0 Å². The molecule has 1 aromatic carbocycles. The predicted molar refractivity (Wildman–Crippen MR) is 80.8 cm³/mol.